The second kappa shape index (κ2) is 6.37. The topological polar surface area (TPSA) is 69.6 Å². The first-order valence-electron chi connectivity index (χ1n) is 6.41. The van der Waals surface area contributed by atoms with Crippen molar-refractivity contribution in [2.45, 2.75) is 31.4 Å². The summed E-state index contributed by atoms with van der Waals surface area (Å²) in [6, 6.07) is 7.10. The lowest BCUT2D eigenvalue weighted by molar-refractivity contribution is -0.121. The standard InChI is InChI=1S/C14H18ClNO3/c15-11-3-1-9(2-4-11)5-14(19)16-12-6-10(8-17)13(18)7-12/h1-4,10,12-13,17-18H,5-8H2,(H,16,19). The van der Waals surface area contributed by atoms with Gasteiger partial charge in [0, 0.05) is 23.6 Å². The van der Waals surface area contributed by atoms with Gasteiger partial charge in [0.25, 0.3) is 0 Å². The zero-order valence-electron chi connectivity index (χ0n) is 10.6. The molecular weight excluding hydrogens is 266 g/mol. The van der Waals surface area contributed by atoms with Crippen molar-refractivity contribution in [1.82, 2.24) is 5.32 Å². The van der Waals surface area contributed by atoms with E-state index in [4.69, 9.17) is 16.7 Å². The van der Waals surface area contributed by atoms with E-state index in [9.17, 15) is 9.90 Å². The third-order valence-corrected chi connectivity index (χ3v) is 3.79. The summed E-state index contributed by atoms with van der Waals surface area (Å²) in [5.41, 5.74) is 0.902. The molecule has 0 heterocycles. The Balaban J connectivity index is 1.83. The number of hydrogen-bond donors (Lipinski definition) is 3. The molecule has 1 aliphatic carbocycles. The average molecular weight is 284 g/mol. The SMILES string of the molecule is O=C(Cc1ccc(Cl)cc1)NC1CC(O)C(CO)C1. The van der Waals surface area contributed by atoms with Crippen LogP contribution in [-0.4, -0.2) is 34.9 Å². The first-order valence-corrected chi connectivity index (χ1v) is 6.79. The fraction of sp³-hybridized carbons (Fsp3) is 0.500. The van der Waals surface area contributed by atoms with E-state index in [1.165, 1.54) is 0 Å². The van der Waals surface area contributed by atoms with E-state index in [-0.39, 0.29) is 24.5 Å². The van der Waals surface area contributed by atoms with Crippen LogP contribution in [0.3, 0.4) is 0 Å². The Kier molecular flexibility index (Phi) is 4.80. The van der Waals surface area contributed by atoms with Crippen LogP contribution in [0.5, 0.6) is 0 Å². The van der Waals surface area contributed by atoms with Crippen molar-refractivity contribution in [3.05, 3.63) is 34.9 Å². The van der Waals surface area contributed by atoms with Gasteiger partial charge in [-0.3, -0.25) is 4.79 Å². The number of amides is 1. The van der Waals surface area contributed by atoms with Crippen LogP contribution in [0.4, 0.5) is 0 Å². The quantitative estimate of drug-likeness (QED) is 0.776. The van der Waals surface area contributed by atoms with Gasteiger partial charge in [0.15, 0.2) is 0 Å². The maximum atomic E-state index is 11.9. The van der Waals surface area contributed by atoms with Crippen LogP contribution >= 0.6 is 11.6 Å². The molecule has 0 spiro atoms. The summed E-state index contributed by atoms with van der Waals surface area (Å²) in [6.07, 6.45) is 0.917. The molecule has 3 N–H and O–H groups in total. The monoisotopic (exact) mass is 283 g/mol. The molecule has 1 fully saturated rings. The molecule has 3 atom stereocenters. The van der Waals surface area contributed by atoms with Crippen LogP contribution in [0, 0.1) is 5.92 Å². The van der Waals surface area contributed by atoms with Crippen LogP contribution in [-0.2, 0) is 11.2 Å². The van der Waals surface area contributed by atoms with Crippen LogP contribution < -0.4 is 5.32 Å². The van der Waals surface area contributed by atoms with Crippen molar-refractivity contribution in [2.24, 2.45) is 5.92 Å². The fourth-order valence-electron chi connectivity index (χ4n) is 2.48. The third kappa shape index (κ3) is 3.93. The highest BCUT2D eigenvalue weighted by Crippen LogP contribution is 2.25. The van der Waals surface area contributed by atoms with Gasteiger partial charge in [-0.2, -0.15) is 0 Å². The van der Waals surface area contributed by atoms with E-state index in [2.05, 4.69) is 5.32 Å². The molecule has 0 bridgehead atoms. The molecule has 3 unspecified atom stereocenters. The van der Waals surface area contributed by atoms with E-state index in [1.807, 2.05) is 12.1 Å². The van der Waals surface area contributed by atoms with Crippen molar-refractivity contribution in [2.75, 3.05) is 6.61 Å². The number of halogens is 1. The molecule has 0 radical (unpaired) electrons. The maximum absolute atomic E-state index is 11.9. The van der Waals surface area contributed by atoms with Crippen molar-refractivity contribution in [3.8, 4) is 0 Å². The van der Waals surface area contributed by atoms with Crippen LogP contribution in [0.15, 0.2) is 24.3 Å². The number of rotatable bonds is 4. The van der Waals surface area contributed by atoms with Crippen molar-refractivity contribution in [1.29, 1.82) is 0 Å². The molecule has 1 saturated carbocycles. The second-order valence-corrected chi connectivity index (χ2v) is 5.49. The number of carbonyl (C=O) groups is 1. The predicted molar refractivity (Wildman–Crippen MR) is 72.9 cm³/mol. The molecule has 4 nitrogen and oxygen atoms in total. The first kappa shape index (κ1) is 14.3. The van der Waals surface area contributed by atoms with Gasteiger partial charge >= 0.3 is 0 Å². The summed E-state index contributed by atoms with van der Waals surface area (Å²) in [4.78, 5) is 11.9. The predicted octanol–water partition coefficient (Wildman–Crippen LogP) is 1.13. The number of hydrogen-bond acceptors (Lipinski definition) is 3. The van der Waals surface area contributed by atoms with Crippen LogP contribution in [0.25, 0.3) is 0 Å². The third-order valence-electron chi connectivity index (χ3n) is 3.53. The van der Waals surface area contributed by atoms with E-state index < -0.39 is 6.10 Å². The van der Waals surface area contributed by atoms with E-state index >= 15 is 0 Å². The highest BCUT2D eigenvalue weighted by molar-refractivity contribution is 6.30. The summed E-state index contributed by atoms with van der Waals surface area (Å²) < 4.78 is 0. The Hall–Kier alpha value is -1.10. The number of aliphatic hydroxyl groups is 2. The van der Waals surface area contributed by atoms with Crippen molar-refractivity contribution in [3.63, 3.8) is 0 Å². The Morgan fingerprint density at radius 3 is 2.58 bits per heavy atom. The summed E-state index contributed by atoms with van der Waals surface area (Å²) in [5.74, 6) is -0.195. The van der Waals surface area contributed by atoms with Gasteiger partial charge in [0.05, 0.1) is 12.5 Å². The zero-order valence-corrected chi connectivity index (χ0v) is 11.3. The molecule has 2 rings (SSSR count). The van der Waals surface area contributed by atoms with Crippen LogP contribution in [0.1, 0.15) is 18.4 Å². The minimum atomic E-state index is -0.522. The van der Waals surface area contributed by atoms with E-state index in [0.29, 0.717) is 24.3 Å². The fourth-order valence-corrected chi connectivity index (χ4v) is 2.61. The average Bonchev–Trinajstić information content (AvgIpc) is 2.72. The molecule has 1 aromatic carbocycles. The summed E-state index contributed by atoms with van der Waals surface area (Å²) in [7, 11) is 0. The number of carbonyl (C=O) groups excluding carboxylic acids is 1. The smallest absolute Gasteiger partial charge is 0.224 e. The van der Waals surface area contributed by atoms with Gasteiger partial charge < -0.3 is 15.5 Å². The lowest BCUT2D eigenvalue weighted by Gasteiger charge is -2.12. The molecule has 1 amide bonds. The molecule has 19 heavy (non-hydrogen) atoms. The van der Waals surface area contributed by atoms with Gasteiger partial charge in [0.2, 0.25) is 5.91 Å². The zero-order chi connectivity index (χ0) is 13.8. The maximum Gasteiger partial charge on any atom is 0.224 e. The molecule has 1 aromatic rings. The molecule has 0 saturated heterocycles. The van der Waals surface area contributed by atoms with Crippen LogP contribution in [0.2, 0.25) is 5.02 Å². The van der Waals surface area contributed by atoms with Crippen molar-refractivity contribution >= 4 is 17.5 Å². The van der Waals surface area contributed by atoms with Gasteiger partial charge in [-0.1, -0.05) is 23.7 Å². The van der Waals surface area contributed by atoms with E-state index in [0.717, 1.165) is 5.56 Å². The van der Waals surface area contributed by atoms with Gasteiger partial charge in [-0.15, -0.1) is 0 Å². The molecular formula is C14H18ClNO3. The van der Waals surface area contributed by atoms with Gasteiger partial charge in [-0.25, -0.2) is 0 Å². The summed E-state index contributed by atoms with van der Waals surface area (Å²) >= 11 is 5.78. The first-order chi connectivity index (χ1) is 9.08. The number of aliphatic hydroxyl groups excluding tert-OH is 2. The highest BCUT2D eigenvalue weighted by Gasteiger charge is 2.33. The Bertz CT molecular complexity index is 435. The largest absolute Gasteiger partial charge is 0.396 e. The normalized spacial score (nSPS) is 26.4. The number of benzene rings is 1. The lowest BCUT2D eigenvalue weighted by atomic mass is 10.1. The molecule has 5 heteroatoms. The second-order valence-electron chi connectivity index (χ2n) is 5.05. The summed E-state index contributed by atoms with van der Waals surface area (Å²) in [6.45, 7) is -0.0370. The van der Waals surface area contributed by atoms with E-state index in [1.54, 1.807) is 12.1 Å². The Morgan fingerprint density at radius 2 is 2.00 bits per heavy atom. The summed E-state index contributed by atoms with van der Waals surface area (Å²) in [5, 5.41) is 22.3. The molecule has 104 valence electrons. The lowest BCUT2D eigenvalue weighted by Crippen LogP contribution is -2.34. The van der Waals surface area contributed by atoms with Gasteiger partial charge in [0.1, 0.15) is 0 Å². The van der Waals surface area contributed by atoms with Crippen molar-refractivity contribution < 1.29 is 15.0 Å². The van der Waals surface area contributed by atoms with Gasteiger partial charge in [-0.05, 0) is 30.5 Å². The molecule has 0 aliphatic heterocycles. The Morgan fingerprint density at radius 1 is 1.32 bits per heavy atom. The molecule has 0 aromatic heterocycles. The highest BCUT2D eigenvalue weighted by atomic mass is 35.5. The minimum absolute atomic E-state index is 0.0370. The number of nitrogens with one attached hydrogen (secondary N) is 1. The minimum Gasteiger partial charge on any atom is -0.396 e. The molecule has 1 aliphatic rings. The Labute approximate surface area is 117 Å².